The fourth-order valence-corrected chi connectivity index (χ4v) is 12.4. The van der Waals surface area contributed by atoms with Crippen molar-refractivity contribution in [3.63, 3.8) is 0 Å². The monoisotopic (exact) mass is 692 g/mol. The van der Waals surface area contributed by atoms with E-state index in [1.165, 1.54) is 6.08 Å². The van der Waals surface area contributed by atoms with Gasteiger partial charge in [0.2, 0.25) is 0 Å². The van der Waals surface area contributed by atoms with Gasteiger partial charge in [0.05, 0.1) is 36.4 Å². The van der Waals surface area contributed by atoms with Gasteiger partial charge in [-0.1, -0.05) is 51.5 Å². The van der Waals surface area contributed by atoms with Gasteiger partial charge in [-0.25, -0.2) is 9.59 Å². The van der Waals surface area contributed by atoms with E-state index < -0.39 is 61.5 Å². The summed E-state index contributed by atoms with van der Waals surface area (Å²) in [6.45, 7) is 13.2. The zero-order valence-electron chi connectivity index (χ0n) is 29.0. The standard InChI is InChI=1S/C37H56O8S2/c1-8-10-28(40)44-20-35-23(17-32(4,5)29(41)30(35)42)22-11-12-25-36(46)15-14-26(38)33(6,19-45-31(43)21(3)9-2)24(36)13-16-37(25,47)34(22,7)18-27(35)39/h8-11,23-27,29-30,38-39,41-42,46-47H,12-20H2,1-7H3/b10-8+,21-9+/t23?,24?,25?,26-,27+,29-,30-,33+,34+,35-,36+,37-/m0/s1. The van der Waals surface area contributed by atoms with Crippen molar-refractivity contribution in [1.82, 2.24) is 0 Å². The van der Waals surface area contributed by atoms with Crippen molar-refractivity contribution in [2.45, 2.75) is 127 Å². The van der Waals surface area contributed by atoms with Crippen molar-refractivity contribution in [2.75, 3.05) is 13.2 Å². The first kappa shape index (κ1) is 37.0. The Labute approximate surface area is 291 Å². The number of allylic oxidation sites excluding steroid dienone is 4. The van der Waals surface area contributed by atoms with E-state index in [0.29, 0.717) is 44.1 Å². The van der Waals surface area contributed by atoms with Gasteiger partial charge < -0.3 is 29.9 Å². The molecule has 0 aliphatic heterocycles. The third kappa shape index (κ3) is 5.33. The van der Waals surface area contributed by atoms with Crippen LogP contribution >= 0.6 is 25.3 Å². The summed E-state index contributed by atoms with van der Waals surface area (Å²) >= 11 is 11.1. The lowest BCUT2D eigenvalue weighted by molar-refractivity contribution is -0.243. The first-order valence-corrected chi connectivity index (χ1v) is 18.2. The lowest BCUT2D eigenvalue weighted by Gasteiger charge is -2.71. The minimum absolute atomic E-state index is 0.0201. The topological polar surface area (TPSA) is 134 Å². The summed E-state index contributed by atoms with van der Waals surface area (Å²) in [7, 11) is 0. The highest BCUT2D eigenvalue weighted by Gasteiger charge is 2.73. The summed E-state index contributed by atoms with van der Waals surface area (Å²) in [5.74, 6) is -1.37. The molecule has 4 N–H and O–H groups in total. The molecule has 4 saturated carbocycles. The molecule has 0 radical (unpaired) electrons. The van der Waals surface area contributed by atoms with E-state index in [0.717, 1.165) is 5.57 Å². The number of carbonyl (C=O) groups excluding carboxylic acids is 2. The molecule has 8 nitrogen and oxygen atoms in total. The van der Waals surface area contributed by atoms with Gasteiger partial charge in [-0.05, 0) is 88.9 Å². The van der Waals surface area contributed by atoms with Crippen LogP contribution in [0.3, 0.4) is 0 Å². The molecule has 10 heteroatoms. The summed E-state index contributed by atoms with van der Waals surface area (Å²) in [5.41, 5.74) is -1.62. The van der Waals surface area contributed by atoms with Gasteiger partial charge in [0.25, 0.3) is 0 Å². The van der Waals surface area contributed by atoms with Crippen LogP contribution in [0.25, 0.3) is 0 Å². The SMILES string of the molecule is C/C=C/C(=O)OC[C@@]12C(CC(C)(C)[C@@H](O)[C@@H]1O)C1=CCC3[C@@]4(S)CC[C@H](O)[C@](C)(COC(=O)/C(C)=C/C)C4CC[C@@]3(S)[C@]1(C)C[C@H]2O. The van der Waals surface area contributed by atoms with Gasteiger partial charge in [0.15, 0.2) is 0 Å². The van der Waals surface area contributed by atoms with Crippen LogP contribution in [-0.4, -0.2) is 79.5 Å². The van der Waals surface area contributed by atoms with Crippen LogP contribution in [0.2, 0.25) is 0 Å². The quantitative estimate of drug-likeness (QED) is 0.0993. The highest BCUT2D eigenvalue weighted by Crippen LogP contribution is 2.73. The molecule has 5 aliphatic carbocycles. The van der Waals surface area contributed by atoms with E-state index in [1.807, 2.05) is 20.8 Å². The molecule has 0 amide bonds. The van der Waals surface area contributed by atoms with Crippen molar-refractivity contribution in [3.05, 3.63) is 35.5 Å². The normalized spacial score (nSPS) is 47.6. The maximum absolute atomic E-state index is 12.7. The third-order valence-electron chi connectivity index (χ3n) is 13.8. The Bertz CT molecular complexity index is 1360. The number of ether oxygens (including phenoxy) is 2. The first-order valence-electron chi connectivity index (χ1n) is 17.3. The molecule has 3 unspecified atom stereocenters. The van der Waals surface area contributed by atoms with Crippen LogP contribution in [0.4, 0.5) is 0 Å². The van der Waals surface area contributed by atoms with Crippen LogP contribution in [-0.2, 0) is 19.1 Å². The predicted octanol–water partition coefficient (Wildman–Crippen LogP) is 4.99. The van der Waals surface area contributed by atoms with E-state index in [1.54, 1.807) is 32.9 Å². The maximum Gasteiger partial charge on any atom is 0.333 e. The predicted molar refractivity (Wildman–Crippen MR) is 187 cm³/mol. The number of thiol groups is 2. The average Bonchev–Trinajstić information content (AvgIpc) is 3.00. The zero-order chi connectivity index (χ0) is 35.0. The van der Waals surface area contributed by atoms with Crippen LogP contribution in [0.15, 0.2) is 35.5 Å². The minimum atomic E-state index is -1.31. The number of carbonyl (C=O) groups is 2. The largest absolute Gasteiger partial charge is 0.462 e. The smallest absolute Gasteiger partial charge is 0.333 e. The van der Waals surface area contributed by atoms with Gasteiger partial charge in [-0.3, -0.25) is 0 Å². The molecule has 12 atom stereocenters. The van der Waals surface area contributed by atoms with Crippen LogP contribution in [0.5, 0.6) is 0 Å². The van der Waals surface area contributed by atoms with Crippen LogP contribution < -0.4 is 0 Å². The fraction of sp³-hybridized carbons (Fsp3) is 0.784. The molecule has 5 aliphatic rings. The molecule has 5 rings (SSSR count). The summed E-state index contributed by atoms with van der Waals surface area (Å²) in [4.78, 5) is 25.2. The average molecular weight is 693 g/mol. The summed E-state index contributed by atoms with van der Waals surface area (Å²) in [6.07, 6.45) is 6.76. The second-order valence-corrected chi connectivity index (χ2v) is 18.1. The number of hydrogen-bond donors (Lipinski definition) is 6. The van der Waals surface area contributed by atoms with Gasteiger partial charge >= 0.3 is 11.9 Å². The summed E-state index contributed by atoms with van der Waals surface area (Å²) in [6, 6.07) is 0. The van der Waals surface area contributed by atoms with Gasteiger partial charge in [-0.2, -0.15) is 25.3 Å². The van der Waals surface area contributed by atoms with E-state index in [2.05, 4.69) is 13.0 Å². The summed E-state index contributed by atoms with van der Waals surface area (Å²) in [5, 5.41) is 46.8. The molecule has 0 aromatic rings. The highest BCUT2D eigenvalue weighted by atomic mass is 32.1. The van der Waals surface area contributed by atoms with Crippen molar-refractivity contribution < 1.29 is 39.5 Å². The summed E-state index contributed by atoms with van der Waals surface area (Å²) < 4.78 is 10.4. The number of aliphatic hydroxyl groups is 4. The van der Waals surface area contributed by atoms with Crippen molar-refractivity contribution >= 4 is 37.2 Å². The van der Waals surface area contributed by atoms with Crippen molar-refractivity contribution in [1.29, 1.82) is 0 Å². The Hall–Kier alpha value is -1.30. The molecule has 0 bridgehead atoms. The molecular weight excluding hydrogens is 637 g/mol. The fourth-order valence-electron chi connectivity index (χ4n) is 10.7. The number of esters is 2. The Balaban J connectivity index is 1.55. The molecule has 0 spiro atoms. The molecule has 4 fully saturated rings. The van der Waals surface area contributed by atoms with Gasteiger partial charge in [0, 0.05) is 32.0 Å². The minimum Gasteiger partial charge on any atom is -0.462 e. The molecule has 0 aromatic heterocycles. The van der Waals surface area contributed by atoms with Crippen molar-refractivity contribution in [2.24, 2.45) is 39.4 Å². The second kappa shape index (κ2) is 12.5. The van der Waals surface area contributed by atoms with E-state index >= 15 is 0 Å². The number of rotatable bonds is 6. The Kier molecular flexibility index (Phi) is 9.82. The lowest BCUT2D eigenvalue weighted by atomic mass is 9.39. The molecule has 0 saturated heterocycles. The molecule has 47 heavy (non-hydrogen) atoms. The van der Waals surface area contributed by atoms with Gasteiger partial charge in [0.1, 0.15) is 6.61 Å². The number of hydrogen-bond acceptors (Lipinski definition) is 10. The Morgan fingerprint density at radius 1 is 0.915 bits per heavy atom. The molecular formula is C37H56O8S2. The molecule has 264 valence electrons. The maximum atomic E-state index is 12.7. The van der Waals surface area contributed by atoms with Crippen molar-refractivity contribution in [3.8, 4) is 0 Å². The van der Waals surface area contributed by atoms with Gasteiger partial charge in [-0.15, -0.1) is 0 Å². The highest BCUT2D eigenvalue weighted by molar-refractivity contribution is 7.83. The Morgan fingerprint density at radius 3 is 2.23 bits per heavy atom. The van der Waals surface area contributed by atoms with E-state index in [-0.39, 0.29) is 43.4 Å². The van der Waals surface area contributed by atoms with E-state index in [9.17, 15) is 30.0 Å². The third-order valence-corrected chi connectivity index (χ3v) is 15.7. The number of fused-ring (bicyclic) bond motifs is 7. The van der Waals surface area contributed by atoms with E-state index in [4.69, 9.17) is 34.7 Å². The zero-order valence-corrected chi connectivity index (χ0v) is 30.8. The second-order valence-electron chi connectivity index (χ2n) is 16.5. The molecule has 0 heterocycles. The first-order chi connectivity index (χ1) is 21.8. The van der Waals surface area contributed by atoms with Crippen LogP contribution in [0.1, 0.15) is 93.4 Å². The Morgan fingerprint density at radius 2 is 1.60 bits per heavy atom. The number of aliphatic hydroxyl groups excluding tert-OH is 4. The van der Waals surface area contributed by atoms with Crippen LogP contribution in [0, 0.1) is 39.4 Å². The lowest BCUT2D eigenvalue weighted by Crippen LogP contribution is -2.73. The molecule has 0 aromatic carbocycles.